The smallest absolute Gasteiger partial charge is 0.0991 e. The van der Waals surface area contributed by atoms with E-state index in [0.717, 1.165) is 6.42 Å². The fourth-order valence-electron chi connectivity index (χ4n) is 1.38. The van der Waals surface area contributed by atoms with Gasteiger partial charge in [0.2, 0.25) is 0 Å². The van der Waals surface area contributed by atoms with Crippen molar-refractivity contribution in [1.82, 2.24) is 0 Å². The largest absolute Gasteiger partial charge is 0.352 e. The summed E-state index contributed by atoms with van der Waals surface area (Å²) in [4.78, 5) is 0. The Morgan fingerprint density at radius 3 is 2.36 bits per heavy atom. The van der Waals surface area contributed by atoms with E-state index in [2.05, 4.69) is 36.1 Å². The summed E-state index contributed by atoms with van der Waals surface area (Å²) >= 11 is 0. The molecule has 0 amide bonds. The molecule has 0 aliphatic heterocycles. The van der Waals surface area contributed by atoms with Gasteiger partial charge >= 0.3 is 0 Å². The Balaban J connectivity index is 2.07. The summed E-state index contributed by atoms with van der Waals surface area (Å²) in [6, 6.07) is 10.6. The van der Waals surface area contributed by atoms with Crippen LogP contribution in [0.15, 0.2) is 30.3 Å². The van der Waals surface area contributed by atoms with Gasteiger partial charge in [-0.25, -0.2) is 0 Å². The van der Waals surface area contributed by atoms with Gasteiger partial charge in [-0.3, -0.25) is 0 Å². The summed E-state index contributed by atoms with van der Waals surface area (Å²) in [5, 5.41) is 0. The molecule has 1 nitrogen and oxygen atoms in total. The predicted molar refractivity (Wildman–Crippen MR) is 45.0 cm³/mol. The van der Waals surface area contributed by atoms with Crippen molar-refractivity contribution in [1.29, 1.82) is 0 Å². The molecule has 1 saturated carbocycles. The van der Waals surface area contributed by atoms with Crippen molar-refractivity contribution < 1.29 is 5.73 Å². The highest BCUT2D eigenvalue weighted by Gasteiger charge is 2.42. The summed E-state index contributed by atoms with van der Waals surface area (Å²) in [5.41, 5.74) is 6.01. The molecule has 0 heterocycles. The van der Waals surface area contributed by atoms with Crippen LogP contribution in [-0.4, -0.2) is 5.54 Å². The molecule has 1 aromatic rings. The first kappa shape index (κ1) is 6.86. The third-order valence-corrected chi connectivity index (χ3v) is 2.38. The fourth-order valence-corrected chi connectivity index (χ4v) is 1.38. The molecule has 1 fully saturated rings. The summed E-state index contributed by atoms with van der Waals surface area (Å²) in [7, 11) is 0. The van der Waals surface area contributed by atoms with Crippen LogP contribution in [0.2, 0.25) is 0 Å². The van der Waals surface area contributed by atoms with E-state index in [1.807, 2.05) is 0 Å². The number of benzene rings is 1. The lowest BCUT2D eigenvalue weighted by Crippen LogP contribution is -2.64. The first-order valence-electron chi connectivity index (χ1n) is 4.18. The number of hydrogen-bond acceptors (Lipinski definition) is 0. The van der Waals surface area contributed by atoms with Gasteiger partial charge in [0.1, 0.15) is 0 Å². The van der Waals surface area contributed by atoms with E-state index in [4.69, 9.17) is 0 Å². The molecule has 0 unspecified atom stereocenters. The van der Waals surface area contributed by atoms with E-state index >= 15 is 0 Å². The maximum Gasteiger partial charge on any atom is 0.0991 e. The van der Waals surface area contributed by atoms with Crippen molar-refractivity contribution in [2.24, 2.45) is 0 Å². The fraction of sp³-hybridized carbons (Fsp3) is 0.400. The second kappa shape index (κ2) is 2.35. The van der Waals surface area contributed by atoms with Gasteiger partial charge in [0, 0.05) is 19.3 Å². The zero-order chi connectivity index (χ0) is 7.73. The Hall–Kier alpha value is -0.820. The quantitative estimate of drug-likeness (QED) is 0.648. The van der Waals surface area contributed by atoms with Crippen molar-refractivity contribution in [3.8, 4) is 0 Å². The molecular formula is C10H14N+. The molecule has 1 aliphatic rings. The lowest BCUT2D eigenvalue weighted by atomic mass is 10.1. The highest BCUT2D eigenvalue weighted by Crippen LogP contribution is 2.33. The van der Waals surface area contributed by atoms with Crippen molar-refractivity contribution in [2.45, 2.75) is 24.8 Å². The van der Waals surface area contributed by atoms with Crippen molar-refractivity contribution in [3.05, 3.63) is 35.9 Å². The van der Waals surface area contributed by atoms with Crippen LogP contribution in [0.25, 0.3) is 0 Å². The lowest BCUT2D eigenvalue weighted by molar-refractivity contribution is -0.437. The van der Waals surface area contributed by atoms with Crippen molar-refractivity contribution >= 4 is 0 Å². The summed E-state index contributed by atoms with van der Waals surface area (Å²) in [5.74, 6) is 0. The molecule has 0 aromatic heterocycles. The first-order valence-corrected chi connectivity index (χ1v) is 4.18. The van der Waals surface area contributed by atoms with E-state index < -0.39 is 0 Å². The molecule has 1 aliphatic carbocycles. The molecule has 2 rings (SSSR count). The lowest BCUT2D eigenvalue weighted by Gasteiger charge is -2.03. The van der Waals surface area contributed by atoms with Crippen LogP contribution in [-0.2, 0) is 6.42 Å². The van der Waals surface area contributed by atoms with Gasteiger partial charge in [0.05, 0.1) is 5.54 Å². The SMILES string of the molecule is [NH3+]C1(Cc2ccccc2)CC1. The molecule has 1 heteroatoms. The van der Waals surface area contributed by atoms with E-state index in [0.29, 0.717) is 5.54 Å². The van der Waals surface area contributed by atoms with Crippen LogP contribution < -0.4 is 5.73 Å². The molecular weight excluding hydrogens is 134 g/mol. The third-order valence-electron chi connectivity index (χ3n) is 2.38. The Bertz CT molecular complexity index is 236. The Morgan fingerprint density at radius 1 is 1.18 bits per heavy atom. The maximum absolute atomic E-state index is 4.18. The van der Waals surface area contributed by atoms with E-state index in [1.54, 1.807) is 0 Å². The predicted octanol–water partition coefficient (Wildman–Crippen LogP) is 1.00. The molecule has 0 spiro atoms. The second-order valence-electron chi connectivity index (χ2n) is 3.66. The summed E-state index contributed by atoms with van der Waals surface area (Å²) in [6.07, 6.45) is 3.78. The molecule has 0 saturated heterocycles. The standard InChI is InChI=1S/C10H13N/c11-10(6-7-10)8-9-4-2-1-3-5-9/h1-5H,6-8,11H2/p+1. The van der Waals surface area contributed by atoms with Gasteiger partial charge in [0.25, 0.3) is 0 Å². The molecule has 58 valence electrons. The summed E-state index contributed by atoms with van der Waals surface area (Å²) in [6.45, 7) is 0. The van der Waals surface area contributed by atoms with Crippen LogP contribution in [0.1, 0.15) is 18.4 Å². The van der Waals surface area contributed by atoms with Crippen LogP contribution in [0.4, 0.5) is 0 Å². The minimum absolute atomic E-state index is 0.404. The van der Waals surface area contributed by atoms with Crippen LogP contribution in [0.3, 0.4) is 0 Å². The highest BCUT2D eigenvalue weighted by atomic mass is 14.8. The molecule has 11 heavy (non-hydrogen) atoms. The van der Waals surface area contributed by atoms with Crippen LogP contribution >= 0.6 is 0 Å². The summed E-state index contributed by atoms with van der Waals surface area (Å²) < 4.78 is 0. The van der Waals surface area contributed by atoms with E-state index in [9.17, 15) is 0 Å². The van der Waals surface area contributed by atoms with Gasteiger partial charge in [-0.2, -0.15) is 0 Å². The van der Waals surface area contributed by atoms with Gasteiger partial charge in [-0.15, -0.1) is 0 Å². The zero-order valence-electron chi connectivity index (χ0n) is 6.72. The average molecular weight is 148 g/mol. The normalized spacial score (nSPS) is 19.7. The van der Waals surface area contributed by atoms with Crippen molar-refractivity contribution in [2.75, 3.05) is 0 Å². The van der Waals surface area contributed by atoms with Gasteiger partial charge in [-0.1, -0.05) is 30.3 Å². The minimum Gasteiger partial charge on any atom is -0.352 e. The van der Waals surface area contributed by atoms with E-state index in [1.165, 1.54) is 18.4 Å². The number of quaternary nitrogens is 1. The highest BCUT2D eigenvalue weighted by molar-refractivity contribution is 5.18. The van der Waals surface area contributed by atoms with Crippen molar-refractivity contribution in [3.63, 3.8) is 0 Å². The molecule has 3 N–H and O–H groups in total. The third kappa shape index (κ3) is 1.60. The van der Waals surface area contributed by atoms with E-state index in [-0.39, 0.29) is 0 Å². The molecule has 1 aromatic carbocycles. The first-order chi connectivity index (χ1) is 5.29. The van der Waals surface area contributed by atoms with Crippen LogP contribution in [0.5, 0.6) is 0 Å². The molecule has 0 radical (unpaired) electrons. The van der Waals surface area contributed by atoms with Crippen LogP contribution in [0, 0.1) is 0 Å². The number of hydrogen-bond donors (Lipinski definition) is 1. The molecule has 0 bridgehead atoms. The monoisotopic (exact) mass is 148 g/mol. The maximum atomic E-state index is 4.18. The molecule has 0 atom stereocenters. The minimum atomic E-state index is 0.404. The second-order valence-corrected chi connectivity index (χ2v) is 3.66. The Kier molecular flexibility index (Phi) is 1.46. The number of rotatable bonds is 2. The topological polar surface area (TPSA) is 27.6 Å². The Morgan fingerprint density at radius 2 is 1.82 bits per heavy atom. The van der Waals surface area contributed by atoms with Gasteiger partial charge in [-0.05, 0) is 5.56 Å². The van der Waals surface area contributed by atoms with Gasteiger partial charge < -0.3 is 5.73 Å². The average Bonchev–Trinajstić information content (AvgIpc) is 2.70. The Labute approximate surface area is 67.2 Å². The zero-order valence-corrected chi connectivity index (χ0v) is 6.72. The van der Waals surface area contributed by atoms with Gasteiger partial charge in [0.15, 0.2) is 0 Å².